The molecule has 39 heavy (non-hydrogen) atoms. The van der Waals surface area contributed by atoms with Gasteiger partial charge in [0.15, 0.2) is 6.29 Å². The molecule has 1 aromatic heterocycles. The monoisotopic (exact) mass is 565 g/mol. The Hall–Kier alpha value is -3.36. The van der Waals surface area contributed by atoms with Crippen molar-refractivity contribution in [3.8, 4) is 5.75 Å². The summed E-state index contributed by atoms with van der Waals surface area (Å²) in [5.74, 6) is 0.498. The Kier molecular flexibility index (Phi) is 9.16. The van der Waals surface area contributed by atoms with Crippen molar-refractivity contribution in [2.75, 3.05) is 11.9 Å². The molecule has 1 saturated heterocycles. The van der Waals surface area contributed by atoms with Gasteiger partial charge in [0.05, 0.1) is 19.0 Å². The van der Waals surface area contributed by atoms with E-state index in [4.69, 9.17) is 37.4 Å². The molecule has 0 aliphatic carbocycles. The van der Waals surface area contributed by atoms with Crippen molar-refractivity contribution < 1.29 is 19.0 Å². The summed E-state index contributed by atoms with van der Waals surface area (Å²) in [6.07, 6.45) is 7.07. The number of anilines is 1. The number of ether oxygens (including phenoxy) is 3. The molecule has 202 valence electrons. The first kappa shape index (κ1) is 27.2. The van der Waals surface area contributed by atoms with Crippen LogP contribution in [0.1, 0.15) is 41.3 Å². The van der Waals surface area contributed by atoms with E-state index in [1.165, 1.54) is 0 Å². The Morgan fingerprint density at radius 2 is 1.90 bits per heavy atom. The first-order valence-corrected chi connectivity index (χ1v) is 13.6. The maximum absolute atomic E-state index is 12.5. The van der Waals surface area contributed by atoms with Gasteiger partial charge in [0.1, 0.15) is 18.5 Å². The second-order valence-electron chi connectivity index (χ2n) is 9.32. The number of carbonyl (C=O) groups is 1. The summed E-state index contributed by atoms with van der Waals surface area (Å²) in [5, 5.41) is 4.00. The maximum Gasteiger partial charge on any atom is 0.255 e. The van der Waals surface area contributed by atoms with Gasteiger partial charge in [0.25, 0.3) is 5.91 Å². The normalized spacial score (nSPS) is 17.9. The molecule has 3 unspecified atom stereocenters. The summed E-state index contributed by atoms with van der Waals surface area (Å²) < 4.78 is 20.7. The summed E-state index contributed by atoms with van der Waals surface area (Å²) in [6, 6.07) is 21.8. The van der Waals surface area contributed by atoms with Crippen LogP contribution in [0.5, 0.6) is 5.75 Å². The molecule has 7 nitrogen and oxygen atoms in total. The number of imidazole rings is 1. The van der Waals surface area contributed by atoms with Gasteiger partial charge in [-0.25, -0.2) is 4.98 Å². The third kappa shape index (κ3) is 7.61. The minimum atomic E-state index is -0.406. The summed E-state index contributed by atoms with van der Waals surface area (Å²) in [4.78, 5) is 16.6. The van der Waals surface area contributed by atoms with E-state index in [0.717, 1.165) is 30.5 Å². The minimum Gasteiger partial charge on any atom is -0.491 e. The van der Waals surface area contributed by atoms with E-state index in [1.807, 2.05) is 53.2 Å². The number of nitrogens with zero attached hydrogens (tertiary/aromatic N) is 2. The quantitative estimate of drug-likeness (QED) is 0.220. The lowest BCUT2D eigenvalue weighted by Crippen LogP contribution is -2.35. The largest absolute Gasteiger partial charge is 0.491 e. The van der Waals surface area contributed by atoms with E-state index in [1.54, 1.807) is 42.9 Å². The summed E-state index contributed by atoms with van der Waals surface area (Å²) in [7, 11) is 0. The number of aromatic nitrogens is 2. The second kappa shape index (κ2) is 13.1. The average molecular weight is 566 g/mol. The Labute approximate surface area is 237 Å². The van der Waals surface area contributed by atoms with Gasteiger partial charge in [-0.1, -0.05) is 47.5 Å². The molecule has 1 aliphatic rings. The van der Waals surface area contributed by atoms with Crippen LogP contribution in [0.15, 0.2) is 91.5 Å². The van der Waals surface area contributed by atoms with Gasteiger partial charge in [0, 0.05) is 39.3 Å². The summed E-state index contributed by atoms with van der Waals surface area (Å²) >= 11 is 12.6. The maximum atomic E-state index is 12.5. The van der Waals surface area contributed by atoms with Crippen molar-refractivity contribution in [3.05, 3.63) is 113 Å². The number of carbonyl (C=O) groups excluding carboxylic acids is 1. The van der Waals surface area contributed by atoms with Crippen LogP contribution in [0.2, 0.25) is 10.0 Å². The molecule has 5 rings (SSSR count). The van der Waals surface area contributed by atoms with Crippen LogP contribution in [-0.4, -0.2) is 34.5 Å². The summed E-state index contributed by atoms with van der Waals surface area (Å²) in [6.45, 7) is 0.913. The SMILES string of the molecule is O=C(Nc1ccccc1)c1ccc(OCC2CCCC(OC(Cn3ccnc3)c3ccc(Cl)cc3Cl)O2)cc1. The number of nitrogens with one attached hydrogen (secondary N) is 1. The highest BCUT2D eigenvalue weighted by Crippen LogP contribution is 2.33. The van der Waals surface area contributed by atoms with Crippen molar-refractivity contribution in [2.24, 2.45) is 0 Å². The van der Waals surface area contributed by atoms with Crippen LogP contribution in [0.4, 0.5) is 5.69 Å². The third-order valence-corrected chi connectivity index (χ3v) is 7.02. The average Bonchev–Trinajstić information content (AvgIpc) is 3.46. The number of halogens is 2. The fourth-order valence-electron chi connectivity index (χ4n) is 4.45. The molecule has 0 bridgehead atoms. The van der Waals surface area contributed by atoms with E-state index in [9.17, 15) is 4.79 Å². The standard InChI is InChI=1S/C30H29Cl2N3O4/c31-22-11-14-26(27(32)17-22)28(18-35-16-15-33-20-35)39-29-8-4-7-25(38-29)19-37-24-12-9-21(10-13-24)30(36)34-23-5-2-1-3-6-23/h1-3,5-6,9-17,20,25,28-29H,4,7-8,18-19H2,(H,34,36). The van der Waals surface area contributed by atoms with Crippen LogP contribution < -0.4 is 10.1 Å². The molecular formula is C30H29Cl2N3O4. The Balaban J connectivity index is 1.16. The van der Waals surface area contributed by atoms with Crippen molar-refractivity contribution in [3.63, 3.8) is 0 Å². The van der Waals surface area contributed by atoms with Gasteiger partial charge in [-0.2, -0.15) is 0 Å². The van der Waals surface area contributed by atoms with Crippen LogP contribution in [0, 0.1) is 0 Å². The zero-order valence-electron chi connectivity index (χ0n) is 21.2. The molecule has 0 radical (unpaired) electrons. The van der Waals surface area contributed by atoms with Gasteiger partial charge in [0.2, 0.25) is 0 Å². The number of benzene rings is 3. The van der Waals surface area contributed by atoms with Gasteiger partial charge < -0.3 is 24.1 Å². The molecule has 1 N–H and O–H groups in total. The zero-order valence-corrected chi connectivity index (χ0v) is 22.7. The third-order valence-electron chi connectivity index (χ3n) is 6.46. The van der Waals surface area contributed by atoms with Crippen molar-refractivity contribution >= 4 is 34.8 Å². The fourth-order valence-corrected chi connectivity index (χ4v) is 4.98. The highest BCUT2D eigenvalue weighted by Gasteiger charge is 2.28. The predicted molar refractivity (Wildman–Crippen MR) is 151 cm³/mol. The number of rotatable bonds is 10. The first-order chi connectivity index (χ1) is 19.0. The van der Waals surface area contributed by atoms with Crippen molar-refractivity contribution in [1.29, 1.82) is 0 Å². The molecule has 9 heteroatoms. The van der Waals surface area contributed by atoms with Gasteiger partial charge in [-0.15, -0.1) is 0 Å². The molecule has 3 aromatic carbocycles. The van der Waals surface area contributed by atoms with Gasteiger partial charge in [-0.3, -0.25) is 4.79 Å². The lowest BCUT2D eigenvalue weighted by Gasteiger charge is -2.33. The molecular weight excluding hydrogens is 537 g/mol. The highest BCUT2D eigenvalue weighted by atomic mass is 35.5. The minimum absolute atomic E-state index is 0.126. The van der Waals surface area contributed by atoms with E-state index in [2.05, 4.69) is 10.3 Å². The number of hydrogen-bond acceptors (Lipinski definition) is 5. The lowest BCUT2D eigenvalue weighted by molar-refractivity contribution is -0.223. The lowest BCUT2D eigenvalue weighted by atomic mass is 10.1. The van der Waals surface area contributed by atoms with Crippen LogP contribution in [-0.2, 0) is 16.0 Å². The van der Waals surface area contributed by atoms with E-state index in [0.29, 0.717) is 34.5 Å². The molecule has 1 aliphatic heterocycles. The van der Waals surface area contributed by atoms with Crippen molar-refractivity contribution in [2.45, 2.75) is 44.3 Å². The predicted octanol–water partition coefficient (Wildman–Crippen LogP) is 7.17. The molecule has 1 amide bonds. The van der Waals surface area contributed by atoms with Gasteiger partial charge in [-0.05, 0) is 67.8 Å². The molecule has 3 atom stereocenters. The Morgan fingerprint density at radius 1 is 1.08 bits per heavy atom. The van der Waals surface area contributed by atoms with Crippen LogP contribution >= 0.6 is 23.2 Å². The van der Waals surface area contributed by atoms with Gasteiger partial charge >= 0.3 is 0 Å². The molecule has 0 saturated carbocycles. The van der Waals surface area contributed by atoms with E-state index < -0.39 is 6.29 Å². The van der Waals surface area contributed by atoms with Crippen LogP contribution in [0.3, 0.4) is 0 Å². The highest BCUT2D eigenvalue weighted by molar-refractivity contribution is 6.35. The zero-order chi connectivity index (χ0) is 27.0. The second-order valence-corrected chi connectivity index (χ2v) is 10.2. The first-order valence-electron chi connectivity index (χ1n) is 12.8. The molecule has 2 heterocycles. The van der Waals surface area contributed by atoms with Crippen molar-refractivity contribution in [1.82, 2.24) is 9.55 Å². The molecule has 1 fully saturated rings. The van der Waals surface area contributed by atoms with E-state index in [-0.39, 0.29) is 18.1 Å². The smallest absolute Gasteiger partial charge is 0.255 e. The Bertz CT molecular complexity index is 1350. The number of hydrogen-bond donors (Lipinski definition) is 1. The Morgan fingerprint density at radius 3 is 2.64 bits per heavy atom. The molecule has 0 spiro atoms. The fraction of sp³-hybridized carbons (Fsp3) is 0.267. The summed E-state index contributed by atoms with van der Waals surface area (Å²) in [5.41, 5.74) is 2.14. The van der Waals surface area contributed by atoms with Crippen LogP contribution in [0.25, 0.3) is 0 Å². The number of para-hydroxylation sites is 1. The molecule has 4 aromatic rings. The number of amides is 1. The van der Waals surface area contributed by atoms with E-state index >= 15 is 0 Å². The topological polar surface area (TPSA) is 74.6 Å².